The lowest BCUT2D eigenvalue weighted by molar-refractivity contribution is 0.413. The molecule has 1 heterocycles. The Labute approximate surface area is 63.3 Å². The van der Waals surface area contributed by atoms with Crippen LogP contribution in [-0.4, -0.2) is 12.1 Å². The number of aromatic nitrogens is 1. The van der Waals surface area contributed by atoms with Crippen LogP contribution in [0.5, 0.6) is 5.75 Å². The van der Waals surface area contributed by atoms with Crippen molar-refractivity contribution in [2.75, 3.05) is 12.5 Å². The summed E-state index contributed by atoms with van der Waals surface area (Å²) in [5.74, 6) is 0.582. The van der Waals surface area contributed by atoms with Crippen LogP contribution in [0.3, 0.4) is 0 Å². The summed E-state index contributed by atoms with van der Waals surface area (Å²) in [5, 5.41) is 2.49. The minimum absolute atomic E-state index is 0.513. The van der Waals surface area contributed by atoms with Crippen molar-refractivity contribution in [2.45, 2.75) is 0 Å². The SMILES string of the molecule is COc1cncc(NN=O)c1. The third kappa shape index (κ3) is 1.89. The van der Waals surface area contributed by atoms with Gasteiger partial charge >= 0.3 is 0 Å². The lowest BCUT2D eigenvalue weighted by Crippen LogP contribution is -1.89. The van der Waals surface area contributed by atoms with E-state index in [1.54, 1.807) is 6.07 Å². The van der Waals surface area contributed by atoms with Crippen LogP contribution in [0.1, 0.15) is 0 Å². The van der Waals surface area contributed by atoms with Gasteiger partial charge in [0.2, 0.25) is 0 Å². The number of hydrogen-bond acceptors (Lipinski definition) is 4. The van der Waals surface area contributed by atoms with E-state index in [-0.39, 0.29) is 0 Å². The van der Waals surface area contributed by atoms with Crippen molar-refractivity contribution in [1.29, 1.82) is 0 Å². The molecule has 0 aliphatic carbocycles. The maximum absolute atomic E-state index is 9.74. The minimum Gasteiger partial charge on any atom is -0.495 e. The molecule has 0 saturated heterocycles. The Morgan fingerprint density at radius 3 is 3.09 bits per heavy atom. The van der Waals surface area contributed by atoms with E-state index in [0.29, 0.717) is 11.4 Å². The predicted molar refractivity (Wildman–Crippen MR) is 40.2 cm³/mol. The molecule has 1 aromatic heterocycles. The largest absolute Gasteiger partial charge is 0.495 e. The summed E-state index contributed by atoms with van der Waals surface area (Å²) in [6.45, 7) is 0. The Balaban J connectivity index is 2.82. The number of rotatable bonds is 3. The average molecular weight is 153 g/mol. The van der Waals surface area contributed by atoms with Crippen LogP contribution in [0, 0.1) is 4.91 Å². The van der Waals surface area contributed by atoms with Gasteiger partial charge in [0.25, 0.3) is 0 Å². The summed E-state index contributed by atoms with van der Waals surface area (Å²) in [6.07, 6.45) is 3.01. The van der Waals surface area contributed by atoms with Crippen LogP contribution >= 0.6 is 0 Å². The van der Waals surface area contributed by atoms with Gasteiger partial charge in [0, 0.05) is 6.07 Å². The second-order valence-corrected chi connectivity index (χ2v) is 1.82. The van der Waals surface area contributed by atoms with Gasteiger partial charge in [0.15, 0.2) is 0 Å². The zero-order valence-corrected chi connectivity index (χ0v) is 5.94. The van der Waals surface area contributed by atoms with Crippen LogP contribution in [0.25, 0.3) is 0 Å². The molecule has 5 nitrogen and oxygen atoms in total. The van der Waals surface area contributed by atoms with Gasteiger partial charge in [0.05, 0.1) is 30.5 Å². The Morgan fingerprint density at radius 1 is 1.64 bits per heavy atom. The van der Waals surface area contributed by atoms with E-state index in [1.165, 1.54) is 19.5 Å². The first kappa shape index (κ1) is 7.46. The number of pyridine rings is 1. The van der Waals surface area contributed by atoms with Crippen LogP contribution < -0.4 is 10.2 Å². The Bertz CT molecular complexity index is 251. The lowest BCUT2D eigenvalue weighted by atomic mass is 10.4. The molecule has 0 radical (unpaired) electrons. The highest BCUT2D eigenvalue weighted by Gasteiger charge is 1.93. The molecule has 0 fully saturated rings. The van der Waals surface area contributed by atoms with Gasteiger partial charge in [-0.1, -0.05) is 0 Å². The van der Waals surface area contributed by atoms with Crippen molar-refractivity contribution in [3.05, 3.63) is 23.4 Å². The van der Waals surface area contributed by atoms with Gasteiger partial charge < -0.3 is 4.74 Å². The fraction of sp³-hybridized carbons (Fsp3) is 0.167. The molecule has 58 valence electrons. The fourth-order valence-corrected chi connectivity index (χ4v) is 0.644. The topological polar surface area (TPSA) is 63.6 Å². The highest BCUT2D eigenvalue weighted by molar-refractivity contribution is 5.44. The van der Waals surface area contributed by atoms with E-state index in [2.05, 4.69) is 15.7 Å². The Kier molecular flexibility index (Phi) is 2.37. The molecule has 0 amide bonds. The molecule has 0 aliphatic heterocycles. The molecule has 1 N–H and O–H groups in total. The Morgan fingerprint density at radius 2 is 2.45 bits per heavy atom. The fourth-order valence-electron chi connectivity index (χ4n) is 0.644. The summed E-state index contributed by atoms with van der Waals surface area (Å²) in [4.78, 5) is 13.5. The number of nitrogens with one attached hydrogen (secondary N) is 1. The number of hydrogen-bond donors (Lipinski definition) is 1. The molecule has 0 unspecified atom stereocenters. The number of nitrogens with zero attached hydrogens (tertiary/aromatic N) is 2. The van der Waals surface area contributed by atoms with Gasteiger partial charge in [-0.3, -0.25) is 4.98 Å². The molecule has 0 saturated carbocycles. The molecular formula is C6H7N3O2. The number of ether oxygens (including phenoxy) is 1. The van der Waals surface area contributed by atoms with E-state index in [4.69, 9.17) is 4.74 Å². The van der Waals surface area contributed by atoms with Crippen molar-refractivity contribution in [2.24, 2.45) is 5.29 Å². The summed E-state index contributed by atoms with van der Waals surface area (Å²) in [5.41, 5.74) is 2.72. The summed E-state index contributed by atoms with van der Waals surface area (Å²) < 4.78 is 4.85. The van der Waals surface area contributed by atoms with Gasteiger partial charge in [0.1, 0.15) is 5.75 Å². The molecule has 0 aliphatic rings. The zero-order chi connectivity index (χ0) is 8.10. The van der Waals surface area contributed by atoms with Crippen LogP contribution in [0.4, 0.5) is 5.69 Å². The van der Waals surface area contributed by atoms with E-state index in [9.17, 15) is 4.91 Å². The Hall–Kier alpha value is -1.65. The molecule has 1 aromatic rings. The second kappa shape index (κ2) is 3.50. The molecule has 1 rings (SSSR count). The highest BCUT2D eigenvalue weighted by atomic mass is 16.5. The molecule has 0 atom stereocenters. The molecule has 11 heavy (non-hydrogen) atoms. The lowest BCUT2D eigenvalue weighted by Gasteiger charge is -1.99. The third-order valence-electron chi connectivity index (χ3n) is 1.12. The second-order valence-electron chi connectivity index (χ2n) is 1.82. The van der Waals surface area contributed by atoms with Crippen molar-refractivity contribution in [3.63, 3.8) is 0 Å². The number of anilines is 1. The van der Waals surface area contributed by atoms with E-state index in [1.807, 2.05) is 0 Å². The van der Waals surface area contributed by atoms with E-state index < -0.39 is 0 Å². The minimum atomic E-state index is 0.513. The first-order chi connectivity index (χ1) is 5.36. The number of methoxy groups -OCH3 is 1. The van der Waals surface area contributed by atoms with Gasteiger partial charge in [-0.05, 0) is 0 Å². The van der Waals surface area contributed by atoms with Crippen LogP contribution in [-0.2, 0) is 0 Å². The summed E-state index contributed by atoms with van der Waals surface area (Å²) in [7, 11) is 1.52. The summed E-state index contributed by atoms with van der Waals surface area (Å²) >= 11 is 0. The molecule has 0 spiro atoms. The van der Waals surface area contributed by atoms with Gasteiger partial charge in [-0.25, -0.2) is 5.43 Å². The quantitative estimate of drug-likeness (QED) is 0.523. The van der Waals surface area contributed by atoms with Crippen molar-refractivity contribution in [1.82, 2.24) is 4.98 Å². The smallest absolute Gasteiger partial charge is 0.139 e. The zero-order valence-electron chi connectivity index (χ0n) is 5.94. The normalized spacial score (nSPS) is 8.82. The van der Waals surface area contributed by atoms with E-state index in [0.717, 1.165) is 0 Å². The van der Waals surface area contributed by atoms with Gasteiger partial charge in [-0.2, -0.15) is 0 Å². The third-order valence-corrected chi connectivity index (χ3v) is 1.12. The average Bonchev–Trinajstić information content (AvgIpc) is 2.06. The van der Waals surface area contributed by atoms with Crippen molar-refractivity contribution >= 4 is 5.69 Å². The molecule has 5 heteroatoms. The highest BCUT2D eigenvalue weighted by Crippen LogP contribution is 2.13. The predicted octanol–water partition coefficient (Wildman–Crippen LogP) is 1.18. The van der Waals surface area contributed by atoms with Crippen molar-refractivity contribution in [3.8, 4) is 5.75 Å². The maximum atomic E-state index is 9.74. The monoisotopic (exact) mass is 153 g/mol. The first-order valence-corrected chi connectivity index (χ1v) is 2.94. The maximum Gasteiger partial charge on any atom is 0.139 e. The number of nitroso groups, excluding NO2 is 1. The van der Waals surface area contributed by atoms with Crippen LogP contribution in [0.15, 0.2) is 23.7 Å². The van der Waals surface area contributed by atoms with Gasteiger partial charge in [-0.15, -0.1) is 4.91 Å². The molecule has 0 bridgehead atoms. The molecule has 0 aromatic carbocycles. The molecular weight excluding hydrogens is 146 g/mol. The van der Waals surface area contributed by atoms with Crippen molar-refractivity contribution < 1.29 is 4.74 Å². The van der Waals surface area contributed by atoms with E-state index >= 15 is 0 Å². The standard InChI is InChI=1S/C6H7N3O2/c1-11-6-2-5(8-9-10)3-7-4-6/h2-4H,1H3,(H,8,10). The first-order valence-electron chi connectivity index (χ1n) is 2.94. The van der Waals surface area contributed by atoms with Crippen LogP contribution in [0.2, 0.25) is 0 Å². The summed E-state index contributed by atoms with van der Waals surface area (Å²) in [6, 6.07) is 1.62.